The smallest absolute Gasteiger partial charge is 0.160 e. The van der Waals surface area contributed by atoms with Gasteiger partial charge in [-0.2, -0.15) is 0 Å². The van der Waals surface area contributed by atoms with Crippen molar-refractivity contribution in [1.29, 1.82) is 0 Å². The molecule has 0 radical (unpaired) electrons. The van der Waals surface area contributed by atoms with Gasteiger partial charge in [-0.3, -0.25) is 0 Å². The molecule has 4 heteroatoms. The van der Waals surface area contributed by atoms with Gasteiger partial charge in [0.2, 0.25) is 0 Å². The Morgan fingerprint density at radius 3 is 1.80 bits per heavy atom. The summed E-state index contributed by atoms with van der Waals surface area (Å²) in [6.07, 6.45) is 0. The molecule has 0 aliphatic heterocycles. The summed E-state index contributed by atoms with van der Waals surface area (Å²) in [5, 5.41) is 3.72. The van der Waals surface area contributed by atoms with Crippen LogP contribution in [-0.4, -0.2) is 9.97 Å². The Morgan fingerprint density at radius 1 is 0.386 bits per heavy atom. The fourth-order valence-corrected chi connectivity index (χ4v) is 8.69. The quantitative estimate of drug-likeness (QED) is 0.202. The van der Waals surface area contributed by atoms with E-state index in [2.05, 4.69) is 140 Å². The van der Waals surface area contributed by atoms with Crippen LogP contribution in [0.25, 0.3) is 85.4 Å². The fourth-order valence-electron chi connectivity index (χ4n) is 6.21. The van der Waals surface area contributed by atoms with Gasteiger partial charge in [-0.05, 0) is 34.9 Å². The van der Waals surface area contributed by atoms with Gasteiger partial charge in [-0.1, -0.05) is 127 Å². The number of rotatable bonds is 4. The molecule has 206 valence electrons. The zero-order valence-electron chi connectivity index (χ0n) is 23.6. The number of fused-ring (bicyclic) bond motifs is 6. The lowest BCUT2D eigenvalue weighted by molar-refractivity contribution is 1.24. The second kappa shape index (κ2) is 10.2. The lowest BCUT2D eigenvalue weighted by Crippen LogP contribution is -1.93. The van der Waals surface area contributed by atoms with Gasteiger partial charge in [0.05, 0.1) is 15.9 Å². The number of aromatic nitrogens is 2. The van der Waals surface area contributed by atoms with Crippen molar-refractivity contribution in [1.82, 2.24) is 9.97 Å². The van der Waals surface area contributed by atoms with Crippen LogP contribution in [0.3, 0.4) is 0 Å². The summed E-state index contributed by atoms with van der Waals surface area (Å²) < 4.78 is 4.90. The molecule has 0 aliphatic carbocycles. The molecule has 6 aromatic carbocycles. The monoisotopic (exact) mass is 596 g/mol. The Kier molecular flexibility index (Phi) is 5.90. The Labute approximate surface area is 262 Å². The van der Waals surface area contributed by atoms with E-state index in [4.69, 9.17) is 9.97 Å². The van der Waals surface area contributed by atoms with E-state index in [9.17, 15) is 0 Å². The fraction of sp³-hybridized carbons (Fsp3) is 0. The summed E-state index contributed by atoms with van der Waals surface area (Å²) in [5.41, 5.74) is 8.96. The number of hydrogen-bond acceptors (Lipinski definition) is 4. The molecule has 0 amide bonds. The Bertz CT molecular complexity index is 2480. The average Bonchev–Trinajstić information content (AvgIpc) is 3.67. The molecule has 0 saturated carbocycles. The minimum atomic E-state index is 0.747. The summed E-state index contributed by atoms with van der Waals surface area (Å²) in [6, 6.07) is 51.7. The van der Waals surface area contributed by atoms with Crippen molar-refractivity contribution in [2.75, 3.05) is 0 Å². The van der Waals surface area contributed by atoms with E-state index in [-0.39, 0.29) is 0 Å². The van der Waals surface area contributed by atoms with Gasteiger partial charge in [0.25, 0.3) is 0 Å². The first-order valence-electron chi connectivity index (χ1n) is 14.7. The van der Waals surface area contributed by atoms with Crippen LogP contribution in [0.5, 0.6) is 0 Å². The molecular weight excluding hydrogens is 573 g/mol. The predicted molar refractivity (Wildman–Crippen MR) is 190 cm³/mol. The van der Waals surface area contributed by atoms with Crippen LogP contribution < -0.4 is 0 Å². The van der Waals surface area contributed by atoms with Crippen LogP contribution in [-0.2, 0) is 0 Å². The first kappa shape index (κ1) is 25.3. The normalized spacial score (nSPS) is 11.6. The van der Waals surface area contributed by atoms with Crippen molar-refractivity contribution >= 4 is 63.1 Å². The van der Waals surface area contributed by atoms with Gasteiger partial charge in [0.15, 0.2) is 5.82 Å². The molecule has 0 unspecified atom stereocenters. The lowest BCUT2D eigenvalue weighted by Gasteiger charge is -2.09. The van der Waals surface area contributed by atoms with Crippen molar-refractivity contribution in [3.05, 3.63) is 146 Å². The van der Waals surface area contributed by atoms with E-state index in [1.807, 2.05) is 28.7 Å². The molecule has 0 N–H and O–H groups in total. The van der Waals surface area contributed by atoms with Crippen molar-refractivity contribution in [2.24, 2.45) is 0 Å². The van der Waals surface area contributed by atoms with Crippen LogP contribution in [0.1, 0.15) is 0 Å². The van der Waals surface area contributed by atoms with Crippen LogP contribution in [0.2, 0.25) is 0 Å². The van der Waals surface area contributed by atoms with Crippen molar-refractivity contribution < 1.29 is 0 Å². The first-order valence-corrected chi connectivity index (χ1v) is 16.3. The molecule has 3 heterocycles. The molecule has 2 nitrogen and oxygen atoms in total. The average molecular weight is 597 g/mol. The summed E-state index contributed by atoms with van der Waals surface area (Å²) in [4.78, 5) is 10.7. The van der Waals surface area contributed by atoms with Crippen molar-refractivity contribution in [3.8, 4) is 44.9 Å². The topological polar surface area (TPSA) is 25.8 Å². The lowest BCUT2D eigenvalue weighted by atomic mass is 9.96. The third-order valence-corrected chi connectivity index (χ3v) is 10.8. The maximum atomic E-state index is 5.35. The molecule has 0 saturated heterocycles. The van der Waals surface area contributed by atoms with Gasteiger partial charge in [-0.25, -0.2) is 9.97 Å². The van der Waals surface area contributed by atoms with E-state index in [1.165, 1.54) is 47.1 Å². The highest BCUT2D eigenvalue weighted by atomic mass is 32.1. The van der Waals surface area contributed by atoms with E-state index >= 15 is 0 Å². The maximum absolute atomic E-state index is 5.35. The number of hydrogen-bond donors (Lipinski definition) is 0. The molecular formula is C40H24N2S2. The molecule has 3 aromatic heterocycles. The van der Waals surface area contributed by atoms with Gasteiger partial charge in [-0.15, -0.1) is 22.7 Å². The SMILES string of the molecule is c1ccc(-c2cc(-c3ccccc3)c3sc4c(-c5cccc6c5sc5ccccc56)nc(-c5ccccc5)nc4c3c2)cc1. The highest BCUT2D eigenvalue weighted by Gasteiger charge is 2.22. The van der Waals surface area contributed by atoms with E-state index in [0.717, 1.165) is 38.2 Å². The standard InChI is InChI=1S/C40H24N2S2/c1-4-13-25(14-5-1)28-23-32(26-15-6-2-7-16-26)38-33(24-28)36-39(44-38)35(41-40(42-36)27-17-8-3-9-18-27)31-21-12-20-30-29-19-10-11-22-34(29)43-37(30)31/h1-24H. The Balaban J connectivity index is 1.42. The minimum absolute atomic E-state index is 0.747. The van der Waals surface area contributed by atoms with E-state index in [0.29, 0.717) is 0 Å². The third kappa shape index (κ3) is 4.07. The molecule has 9 rings (SSSR count). The zero-order chi connectivity index (χ0) is 29.0. The van der Waals surface area contributed by atoms with Crippen LogP contribution in [0.15, 0.2) is 146 Å². The summed E-state index contributed by atoms with van der Waals surface area (Å²) in [7, 11) is 0. The molecule has 0 spiro atoms. The highest BCUT2D eigenvalue weighted by Crippen LogP contribution is 2.47. The summed E-state index contributed by atoms with van der Waals surface area (Å²) in [6.45, 7) is 0. The second-order valence-corrected chi connectivity index (χ2v) is 13.0. The van der Waals surface area contributed by atoms with Crippen LogP contribution >= 0.6 is 22.7 Å². The third-order valence-electron chi connectivity index (χ3n) is 8.30. The molecule has 0 aliphatic rings. The van der Waals surface area contributed by atoms with Crippen LogP contribution in [0, 0.1) is 0 Å². The molecule has 9 aromatic rings. The summed E-state index contributed by atoms with van der Waals surface area (Å²) in [5.74, 6) is 0.747. The summed E-state index contributed by atoms with van der Waals surface area (Å²) >= 11 is 3.65. The van der Waals surface area contributed by atoms with Gasteiger partial charge >= 0.3 is 0 Å². The molecule has 0 fully saturated rings. The first-order chi connectivity index (χ1) is 21.8. The maximum Gasteiger partial charge on any atom is 0.160 e. The largest absolute Gasteiger partial charge is 0.226 e. The van der Waals surface area contributed by atoms with E-state index in [1.54, 1.807) is 0 Å². The van der Waals surface area contributed by atoms with Crippen LogP contribution in [0.4, 0.5) is 0 Å². The van der Waals surface area contributed by atoms with Crippen molar-refractivity contribution in [2.45, 2.75) is 0 Å². The number of thiophene rings is 2. The Morgan fingerprint density at radius 2 is 1.02 bits per heavy atom. The molecule has 44 heavy (non-hydrogen) atoms. The molecule has 0 atom stereocenters. The number of nitrogens with zero attached hydrogens (tertiary/aromatic N) is 2. The second-order valence-electron chi connectivity index (χ2n) is 11.0. The minimum Gasteiger partial charge on any atom is -0.226 e. The van der Waals surface area contributed by atoms with Gasteiger partial charge in [0, 0.05) is 46.9 Å². The number of benzene rings is 6. The predicted octanol–water partition coefficient (Wildman–Crippen LogP) is 11.9. The van der Waals surface area contributed by atoms with Gasteiger partial charge in [0.1, 0.15) is 0 Å². The zero-order valence-corrected chi connectivity index (χ0v) is 25.2. The highest BCUT2D eigenvalue weighted by molar-refractivity contribution is 7.27. The van der Waals surface area contributed by atoms with Gasteiger partial charge < -0.3 is 0 Å². The van der Waals surface area contributed by atoms with Crippen molar-refractivity contribution in [3.63, 3.8) is 0 Å². The van der Waals surface area contributed by atoms with E-state index < -0.39 is 0 Å². The molecule has 0 bridgehead atoms. The Hall–Kier alpha value is -5.16.